The normalized spacial score (nSPS) is 17.6. The molecule has 1 unspecified atom stereocenters. The number of hydrogen-bond acceptors (Lipinski definition) is 8. The number of ether oxygens (including phenoxy) is 2. The zero-order valence-corrected chi connectivity index (χ0v) is 20.2. The molecule has 1 aromatic carbocycles. The van der Waals surface area contributed by atoms with Crippen molar-refractivity contribution in [2.45, 2.75) is 31.8 Å². The first kappa shape index (κ1) is 22.1. The SMILES string of the molecule is O=c1n(Cc2nc(OCC3CCOC3)c3cc(-c4cnccn4)ccc3n2)c2cnccc2n1C1CC1. The van der Waals surface area contributed by atoms with Crippen LogP contribution in [0.3, 0.4) is 0 Å². The summed E-state index contributed by atoms with van der Waals surface area (Å²) in [7, 11) is 0. The van der Waals surface area contributed by atoms with Crippen LogP contribution in [0.15, 0.2) is 60.0 Å². The molecule has 1 saturated heterocycles. The molecule has 4 aromatic heterocycles. The molecule has 186 valence electrons. The molecule has 5 aromatic rings. The summed E-state index contributed by atoms with van der Waals surface area (Å²) in [6.07, 6.45) is 11.5. The number of nitrogens with zero attached hydrogens (tertiary/aromatic N) is 7. The van der Waals surface area contributed by atoms with Gasteiger partial charge in [-0.15, -0.1) is 0 Å². The van der Waals surface area contributed by atoms with Gasteiger partial charge in [-0.1, -0.05) is 6.07 Å². The van der Waals surface area contributed by atoms with E-state index in [0.717, 1.165) is 59.1 Å². The van der Waals surface area contributed by atoms with Crippen molar-refractivity contribution in [2.24, 2.45) is 5.92 Å². The minimum absolute atomic E-state index is 0.0576. The van der Waals surface area contributed by atoms with Crippen molar-refractivity contribution in [3.05, 3.63) is 71.6 Å². The second-order valence-corrected chi connectivity index (χ2v) is 9.64. The highest BCUT2D eigenvalue weighted by Crippen LogP contribution is 2.36. The lowest BCUT2D eigenvalue weighted by Crippen LogP contribution is -2.25. The van der Waals surface area contributed by atoms with Crippen molar-refractivity contribution in [1.82, 2.24) is 34.1 Å². The molecule has 0 amide bonds. The minimum Gasteiger partial charge on any atom is -0.477 e. The van der Waals surface area contributed by atoms with Crippen molar-refractivity contribution in [3.63, 3.8) is 0 Å². The van der Waals surface area contributed by atoms with Crippen molar-refractivity contribution in [3.8, 4) is 17.1 Å². The molecule has 10 heteroatoms. The molecule has 10 nitrogen and oxygen atoms in total. The highest BCUT2D eigenvalue weighted by atomic mass is 16.5. The van der Waals surface area contributed by atoms with Crippen LogP contribution in [0.25, 0.3) is 33.2 Å². The van der Waals surface area contributed by atoms with Crippen LogP contribution in [0, 0.1) is 5.92 Å². The molecule has 1 aliphatic heterocycles. The Morgan fingerprint density at radius 2 is 1.92 bits per heavy atom. The molecule has 1 atom stereocenters. The van der Waals surface area contributed by atoms with E-state index in [0.29, 0.717) is 30.8 Å². The Hall–Kier alpha value is -4.18. The Morgan fingerprint density at radius 1 is 1.00 bits per heavy atom. The second-order valence-electron chi connectivity index (χ2n) is 9.64. The molecule has 1 aliphatic carbocycles. The fraction of sp³-hybridized carbons (Fsp3) is 0.333. The minimum atomic E-state index is -0.0576. The number of benzene rings is 1. The average Bonchev–Trinajstić information content (AvgIpc) is 3.55. The summed E-state index contributed by atoms with van der Waals surface area (Å²) in [5.74, 6) is 1.33. The fourth-order valence-corrected chi connectivity index (χ4v) is 4.95. The molecular weight excluding hydrogens is 470 g/mol. The van der Waals surface area contributed by atoms with Gasteiger partial charge in [0.25, 0.3) is 0 Å². The van der Waals surface area contributed by atoms with Gasteiger partial charge in [-0.3, -0.25) is 24.1 Å². The van der Waals surface area contributed by atoms with E-state index in [4.69, 9.17) is 19.4 Å². The molecule has 0 spiro atoms. The van der Waals surface area contributed by atoms with Crippen LogP contribution in [-0.4, -0.2) is 53.9 Å². The predicted molar refractivity (Wildman–Crippen MR) is 136 cm³/mol. The van der Waals surface area contributed by atoms with Crippen LogP contribution in [0.5, 0.6) is 5.88 Å². The van der Waals surface area contributed by atoms with Gasteiger partial charge in [-0.05, 0) is 37.5 Å². The van der Waals surface area contributed by atoms with E-state index in [-0.39, 0.29) is 18.3 Å². The van der Waals surface area contributed by atoms with Gasteiger partial charge in [0, 0.05) is 42.7 Å². The summed E-state index contributed by atoms with van der Waals surface area (Å²) >= 11 is 0. The summed E-state index contributed by atoms with van der Waals surface area (Å²) in [4.78, 5) is 35.9. The maximum atomic E-state index is 13.4. The third-order valence-electron chi connectivity index (χ3n) is 7.02. The topological polar surface area (TPSA) is 110 Å². The smallest absolute Gasteiger partial charge is 0.329 e. The van der Waals surface area contributed by atoms with E-state index in [1.54, 1.807) is 35.6 Å². The lowest BCUT2D eigenvalue weighted by Gasteiger charge is -2.14. The third-order valence-corrected chi connectivity index (χ3v) is 7.02. The van der Waals surface area contributed by atoms with E-state index in [1.165, 1.54) is 0 Å². The molecule has 2 fully saturated rings. The van der Waals surface area contributed by atoms with Crippen molar-refractivity contribution >= 4 is 21.9 Å². The number of imidazole rings is 1. The molecule has 7 rings (SSSR count). The molecule has 1 saturated carbocycles. The lowest BCUT2D eigenvalue weighted by atomic mass is 10.1. The maximum absolute atomic E-state index is 13.4. The van der Waals surface area contributed by atoms with E-state index in [9.17, 15) is 4.79 Å². The number of hydrogen-bond donors (Lipinski definition) is 0. The van der Waals surface area contributed by atoms with Crippen LogP contribution in [0.1, 0.15) is 31.1 Å². The van der Waals surface area contributed by atoms with E-state index >= 15 is 0 Å². The average molecular weight is 496 g/mol. The van der Waals surface area contributed by atoms with Crippen LogP contribution in [0.2, 0.25) is 0 Å². The number of rotatable bonds is 7. The van der Waals surface area contributed by atoms with Crippen molar-refractivity contribution in [1.29, 1.82) is 0 Å². The van der Waals surface area contributed by atoms with Crippen LogP contribution < -0.4 is 10.4 Å². The molecule has 2 aliphatic rings. The first-order valence-electron chi connectivity index (χ1n) is 12.6. The molecule has 0 N–H and O–H groups in total. The Balaban J connectivity index is 1.31. The zero-order chi connectivity index (χ0) is 24.8. The Labute approximate surface area is 212 Å². The number of pyridine rings is 1. The highest BCUT2D eigenvalue weighted by molar-refractivity contribution is 5.87. The van der Waals surface area contributed by atoms with Gasteiger partial charge < -0.3 is 9.47 Å². The molecule has 0 bridgehead atoms. The lowest BCUT2D eigenvalue weighted by molar-refractivity contribution is 0.166. The summed E-state index contributed by atoms with van der Waals surface area (Å²) in [5.41, 5.74) is 4.03. The number of aromatic nitrogens is 7. The largest absolute Gasteiger partial charge is 0.477 e. The quantitative estimate of drug-likeness (QED) is 0.338. The van der Waals surface area contributed by atoms with Gasteiger partial charge in [-0.2, -0.15) is 4.98 Å². The van der Waals surface area contributed by atoms with Crippen molar-refractivity contribution < 1.29 is 9.47 Å². The standard InChI is InChI=1S/C27H25N7O3/c35-27-33(24-13-28-7-5-23(24)34(27)19-2-3-19)14-25-31-21-4-1-18(22-12-29-8-9-30-22)11-20(21)26(32-25)37-16-17-6-10-36-15-17/h1,4-5,7-9,11-13,17,19H,2-3,6,10,14-16H2. The van der Waals surface area contributed by atoms with Crippen molar-refractivity contribution in [2.75, 3.05) is 19.8 Å². The first-order valence-corrected chi connectivity index (χ1v) is 12.6. The van der Waals surface area contributed by atoms with Gasteiger partial charge in [0.05, 0.1) is 59.8 Å². The molecule has 0 radical (unpaired) electrons. The van der Waals surface area contributed by atoms with Crippen LogP contribution in [0.4, 0.5) is 0 Å². The molecular formula is C27H25N7O3. The van der Waals surface area contributed by atoms with Crippen LogP contribution >= 0.6 is 0 Å². The van der Waals surface area contributed by atoms with Gasteiger partial charge in [-0.25, -0.2) is 9.78 Å². The van der Waals surface area contributed by atoms with E-state index in [2.05, 4.69) is 15.0 Å². The summed E-state index contributed by atoms with van der Waals surface area (Å²) in [5, 5.41) is 0.792. The first-order chi connectivity index (χ1) is 18.2. The van der Waals surface area contributed by atoms with Gasteiger partial charge in [0.2, 0.25) is 5.88 Å². The fourth-order valence-electron chi connectivity index (χ4n) is 4.95. The van der Waals surface area contributed by atoms with Crippen LogP contribution in [-0.2, 0) is 11.3 Å². The zero-order valence-electron chi connectivity index (χ0n) is 20.2. The molecule has 5 heterocycles. The number of fused-ring (bicyclic) bond motifs is 2. The monoisotopic (exact) mass is 495 g/mol. The Kier molecular flexibility index (Phi) is 5.39. The molecule has 37 heavy (non-hydrogen) atoms. The summed E-state index contributed by atoms with van der Waals surface area (Å²) in [6.45, 7) is 2.17. The van der Waals surface area contributed by atoms with Gasteiger partial charge >= 0.3 is 5.69 Å². The maximum Gasteiger partial charge on any atom is 0.329 e. The van der Waals surface area contributed by atoms with Gasteiger partial charge in [0.1, 0.15) is 0 Å². The van der Waals surface area contributed by atoms with Gasteiger partial charge in [0.15, 0.2) is 5.82 Å². The third kappa shape index (κ3) is 4.13. The highest BCUT2D eigenvalue weighted by Gasteiger charge is 2.29. The Morgan fingerprint density at radius 3 is 2.73 bits per heavy atom. The predicted octanol–water partition coefficient (Wildman–Crippen LogP) is 3.40. The second kappa shape index (κ2) is 9.04. The van der Waals surface area contributed by atoms with E-state index < -0.39 is 0 Å². The van der Waals surface area contributed by atoms with E-state index in [1.807, 2.05) is 28.8 Å². The summed E-state index contributed by atoms with van der Waals surface area (Å²) in [6, 6.07) is 8.04. The Bertz CT molecular complexity index is 1650. The summed E-state index contributed by atoms with van der Waals surface area (Å²) < 4.78 is 15.4.